The molecule has 28 heavy (non-hydrogen) atoms. The fraction of sp³-hybridized carbons (Fsp3) is 0.455. The highest BCUT2D eigenvalue weighted by molar-refractivity contribution is 5.80. The molecular formula is C22H25F4NO. The fourth-order valence-electron chi connectivity index (χ4n) is 4.35. The van der Waals surface area contributed by atoms with Crippen molar-refractivity contribution in [3.05, 3.63) is 59.6 Å². The summed E-state index contributed by atoms with van der Waals surface area (Å²) >= 11 is 0. The number of allylic oxidation sites excluding steroid dienone is 4. The van der Waals surface area contributed by atoms with Crippen LogP contribution in [-0.2, 0) is 6.42 Å². The Balaban J connectivity index is 1.93. The van der Waals surface area contributed by atoms with E-state index >= 15 is 0 Å². The molecule has 2 nitrogen and oxygen atoms in total. The molecule has 6 heteroatoms. The smallest absolute Gasteiger partial charge is 0.380 e. The van der Waals surface area contributed by atoms with Crippen molar-refractivity contribution in [2.75, 3.05) is 0 Å². The van der Waals surface area contributed by atoms with E-state index < -0.39 is 30.0 Å². The largest absolute Gasteiger partial charge is 0.417 e. The summed E-state index contributed by atoms with van der Waals surface area (Å²) in [6, 6.07) is 8.83. The molecule has 0 amide bonds. The van der Waals surface area contributed by atoms with Crippen molar-refractivity contribution in [2.24, 2.45) is 11.3 Å². The number of nitrogens with one attached hydrogen (secondary N) is 1. The number of halogens is 4. The van der Waals surface area contributed by atoms with Gasteiger partial charge in [-0.25, -0.2) is 4.39 Å². The van der Waals surface area contributed by atoms with Crippen LogP contribution >= 0.6 is 0 Å². The van der Waals surface area contributed by atoms with Gasteiger partial charge in [0.25, 0.3) is 0 Å². The summed E-state index contributed by atoms with van der Waals surface area (Å²) < 4.78 is 55.3. The Morgan fingerprint density at radius 2 is 1.82 bits per heavy atom. The lowest BCUT2D eigenvalue weighted by molar-refractivity contribution is -0.268. The van der Waals surface area contributed by atoms with Gasteiger partial charge in [0.05, 0.1) is 0 Å². The summed E-state index contributed by atoms with van der Waals surface area (Å²) in [6.07, 6.45) is -2.85. The van der Waals surface area contributed by atoms with Crippen molar-refractivity contribution in [3.8, 4) is 0 Å². The van der Waals surface area contributed by atoms with Crippen molar-refractivity contribution >= 4 is 10.9 Å². The van der Waals surface area contributed by atoms with Crippen molar-refractivity contribution in [1.29, 1.82) is 0 Å². The molecule has 0 bridgehead atoms. The molecule has 0 fully saturated rings. The summed E-state index contributed by atoms with van der Waals surface area (Å²) in [4.78, 5) is 2.97. The number of benzene rings is 1. The minimum absolute atomic E-state index is 0.168. The van der Waals surface area contributed by atoms with E-state index in [1.807, 2.05) is 6.07 Å². The lowest BCUT2D eigenvalue weighted by Gasteiger charge is -2.41. The number of rotatable bonds is 5. The van der Waals surface area contributed by atoms with Gasteiger partial charge in [-0.2, -0.15) is 13.2 Å². The molecule has 0 spiro atoms. The molecule has 2 N–H and O–H groups in total. The van der Waals surface area contributed by atoms with Gasteiger partial charge < -0.3 is 10.1 Å². The van der Waals surface area contributed by atoms with Crippen LogP contribution in [-0.4, -0.2) is 21.9 Å². The SMILES string of the molecule is CC1CC(F)=CC=C1C(C)(C)CC(O)(Cc1cc2ccccc2[nH]1)C(F)(F)F. The highest BCUT2D eigenvalue weighted by Gasteiger charge is 2.56. The molecule has 2 aromatic rings. The van der Waals surface area contributed by atoms with E-state index in [-0.39, 0.29) is 18.2 Å². The third-order valence-electron chi connectivity index (χ3n) is 5.59. The van der Waals surface area contributed by atoms with Crippen LogP contribution in [0.4, 0.5) is 17.6 Å². The van der Waals surface area contributed by atoms with Gasteiger partial charge in [0.2, 0.25) is 0 Å². The summed E-state index contributed by atoms with van der Waals surface area (Å²) in [5.74, 6) is -0.498. The van der Waals surface area contributed by atoms with Crippen LogP contribution in [0.3, 0.4) is 0 Å². The Hall–Kier alpha value is -2.08. The summed E-state index contributed by atoms with van der Waals surface area (Å²) in [6.45, 7) is 5.15. The number of fused-ring (bicyclic) bond motifs is 1. The van der Waals surface area contributed by atoms with E-state index in [0.29, 0.717) is 11.3 Å². The highest BCUT2D eigenvalue weighted by atomic mass is 19.4. The number of para-hydroxylation sites is 1. The Kier molecular flexibility index (Phi) is 5.21. The van der Waals surface area contributed by atoms with Gasteiger partial charge in [0.1, 0.15) is 5.83 Å². The summed E-state index contributed by atoms with van der Waals surface area (Å²) in [7, 11) is 0. The summed E-state index contributed by atoms with van der Waals surface area (Å²) in [5.41, 5.74) is -2.09. The standard InChI is InChI=1S/C22H25F4NO/c1-14-10-16(23)8-9-18(14)20(2,3)13-21(28,22(24,25)26)12-17-11-15-6-4-5-7-19(15)27-17/h4-9,11,14,27-28H,10,12-13H2,1-3H3. The predicted molar refractivity (Wildman–Crippen MR) is 102 cm³/mol. The van der Waals surface area contributed by atoms with Gasteiger partial charge in [0.15, 0.2) is 5.60 Å². The van der Waals surface area contributed by atoms with E-state index in [1.54, 1.807) is 51.1 Å². The number of hydrogen-bond donors (Lipinski definition) is 2. The van der Waals surface area contributed by atoms with Gasteiger partial charge in [-0.1, -0.05) is 50.6 Å². The number of hydrogen-bond acceptors (Lipinski definition) is 1. The van der Waals surface area contributed by atoms with E-state index in [2.05, 4.69) is 4.98 Å². The second-order valence-electron chi connectivity index (χ2n) is 8.49. The topological polar surface area (TPSA) is 36.0 Å². The normalized spacial score (nSPS) is 20.6. The molecule has 0 radical (unpaired) electrons. The first-order valence-corrected chi connectivity index (χ1v) is 9.34. The lowest BCUT2D eigenvalue weighted by Crippen LogP contribution is -2.50. The van der Waals surface area contributed by atoms with Gasteiger partial charge in [-0.3, -0.25) is 0 Å². The molecule has 3 rings (SSSR count). The molecule has 0 saturated heterocycles. The predicted octanol–water partition coefficient (Wildman–Crippen LogP) is 6.24. The first kappa shape index (κ1) is 20.6. The quantitative estimate of drug-likeness (QED) is 0.578. The van der Waals surface area contributed by atoms with Gasteiger partial charge >= 0.3 is 6.18 Å². The van der Waals surface area contributed by atoms with Crippen LogP contribution in [0.1, 0.15) is 39.3 Å². The second kappa shape index (κ2) is 7.07. The van der Waals surface area contributed by atoms with Crippen LogP contribution in [0.15, 0.2) is 53.9 Å². The zero-order valence-electron chi connectivity index (χ0n) is 16.2. The van der Waals surface area contributed by atoms with Crippen molar-refractivity contribution in [1.82, 2.24) is 4.98 Å². The molecular weight excluding hydrogens is 370 g/mol. The lowest BCUT2D eigenvalue weighted by atomic mass is 9.68. The molecule has 0 aliphatic heterocycles. The number of aromatic nitrogens is 1. The number of alkyl halides is 3. The summed E-state index contributed by atoms with van der Waals surface area (Å²) in [5, 5.41) is 11.6. The van der Waals surface area contributed by atoms with Gasteiger partial charge in [-0.05, 0) is 41.3 Å². The third kappa shape index (κ3) is 4.02. The number of aliphatic hydroxyl groups is 1. The molecule has 1 aliphatic rings. The Labute approximate surface area is 162 Å². The zero-order chi connectivity index (χ0) is 20.7. The van der Waals surface area contributed by atoms with E-state index in [9.17, 15) is 22.7 Å². The minimum Gasteiger partial charge on any atom is -0.380 e. The van der Waals surface area contributed by atoms with Crippen molar-refractivity contribution in [3.63, 3.8) is 0 Å². The molecule has 2 unspecified atom stereocenters. The van der Waals surface area contributed by atoms with Crippen LogP contribution in [0, 0.1) is 11.3 Å². The van der Waals surface area contributed by atoms with Gasteiger partial charge in [0, 0.05) is 24.1 Å². The zero-order valence-corrected chi connectivity index (χ0v) is 16.2. The first-order chi connectivity index (χ1) is 12.9. The fourth-order valence-corrected chi connectivity index (χ4v) is 4.35. The Morgan fingerprint density at radius 1 is 1.14 bits per heavy atom. The average molecular weight is 395 g/mol. The molecule has 1 aliphatic carbocycles. The van der Waals surface area contributed by atoms with E-state index in [1.165, 1.54) is 6.08 Å². The highest BCUT2D eigenvalue weighted by Crippen LogP contribution is 2.47. The molecule has 152 valence electrons. The monoisotopic (exact) mass is 395 g/mol. The van der Waals surface area contributed by atoms with Crippen LogP contribution in [0.5, 0.6) is 0 Å². The van der Waals surface area contributed by atoms with Crippen LogP contribution in [0.2, 0.25) is 0 Å². The Bertz CT molecular complexity index is 889. The second-order valence-corrected chi connectivity index (χ2v) is 8.49. The van der Waals surface area contributed by atoms with Crippen LogP contribution in [0.25, 0.3) is 10.9 Å². The molecule has 0 saturated carbocycles. The maximum absolute atomic E-state index is 13.9. The minimum atomic E-state index is -4.80. The molecule has 1 heterocycles. The van der Waals surface area contributed by atoms with E-state index in [0.717, 1.165) is 10.9 Å². The Morgan fingerprint density at radius 3 is 2.43 bits per heavy atom. The third-order valence-corrected chi connectivity index (χ3v) is 5.59. The van der Waals surface area contributed by atoms with Gasteiger partial charge in [-0.15, -0.1) is 0 Å². The molecule has 1 aromatic heterocycles. The maximum atomic E-state index is 13.9. The molecule has 1 aromatic carbocycles. The van der Waals surface area contributed by atoms with E-state index in [4.69, 9.17) is 0 Å². The molecule has 2 atom stereocenters. The average Bonchev–Trinajstić information content (AvgIpc) is 2.94. The maximum Gasteiger partial charge on any atom is 0.417 e. The van der Waals surface area contributed by atoms with Crippen molar-refractivity contribution in [2.45, 2.75) is 51.8 Å². The number of aromatic amines is 1. The van der Waals surface area contributed by atoms with Crippen molar-refractivity contribution < 1.29 is 22.7 Å². The number of H-pyrrole nitrogens is 1. The van der Waals surface area contributed by atoms with Crippen LogP contribution < -0.4 is 0 Å². The first-order valence-electron chi connectivity index (χ1n) is 9.34.